The Morgan fingerprint density at radius 3 is 2.53 bits per heavy atom. The van der Waals surface area contributed by atoms with E-state index in [1.165, 1.54) is 11.8 Å². The maximum Gasteiger partial charge on any atom is 0.316 e. The van der Waals surface area contributed by atoms with Crippen LogP contribution in [0.1, 0.15) is 25.2 Å². The van der Waals surface area contributed by atoms with Crippen LogP contribution in [0.2, 0.25) is 10.0 Å². The van der Waals surface area contributed by atoms with Crippen LogP contribution in [0.25, 0.3) is 0 Å². The molecular weight excluding hydrogens is 443 g/mol. The molecule has 0 radical (unpaired) electrons. The highest BCUT2D eigenvalue weighted by atomic mass is 35.5. The summed E-state index contributed by atoms with van der Waals surface area (Å²) in [5.41, 5.74) is 2.58. The zero-order valence-corrected chi connectivity index (χ0v) is 19.0. The quantitative estimate of drug-likeness (QED) is 0.328. The SMILES string of the molecule is CCOC(=O)CSc1nnc(Cc2ccccc2Nc2c(Cl)cccc2Cl)n1CC. The lowest BCUT2D eigenvalue weighted by Crippen LogP contribution is -2.09. The minimum atomic E-state index is -0.263. The molecule has 0 fully saturated rings. The van der Waals surface area contributed by atoms with E-state index in [4.69, 9.17) is 27.9 Å². The number of nitrogens with zero attached hydrogens (tertiary/aromatic N) is 3. The summed E-state index contributed by atoms with van der Waals surface area (Å²) in [6.45, 7) is 4.87. The lowest BCUT2D eigenvalue weighted by molar-refractivity contribution is -0.139. The van der Waals surface area contributed by atoms with Gasteiger partial charge in [0.25, 0.3) is 0 Å². The number of benzene rings is 2. The van der Waals surface area contributed by atoms with Crippen LogP contribution in [0.5, 0.6) is 0 Å². The van der Waals surface area contributed by atoms with Crippen molar-refractivity contribution in [3.8, 4) is 0 Å². The summed E-state index contributed by atoms with van der Waals surface area (Å²) in [6.07, 6.45) is 0.562. The molecule has 2 aromatic carbocycles. The number of para-hydroxylation sites is 2. The second-order valence-electron chi connectivity index (χ2n) is 6.29. The van der Waals surface area contributed by atoms with E-state index in [0.717, 1.165) is 17.1 Å². The van der Waals surface area contributed by atoms with Gasteiger partial charge in [-0.05, 0) is 37.6 Å². The molecule has 3 aromatic rings. The van der Waals surface area contributed by atoms with Gasteiger partial charge in [-0.1, -0.05) is 59.2 Å². The summed E-state index contributed by atoms with van der Waals surface area (Å²) >= 11 is 13.9. The van der Waals surface area contributed by atoms with Gasteiger partial charge in [0.2, 0.25) is 0 Å². The van der Waals surface area contributed by atoms with Crippen LogP contribution in [0.15, 0.2) is 47.6 Å². The third-order valence-corrected chi connectivity index (χ3v) is 5.89. The summed E-state index contributed by atoms with van der Waals surface area (Å²) in [5.74, 6) is 0.749. The van der Waals surface area contributed by atoms with Crippen LogP contribution in [0.3, 0.4) is 0 Å². The molecule has 1 heterocycles. The summed E-state index contributed by atoms with van der Waals surface area (Å²) < 4.78 is 6.99. The molecule has 1 N–H and O–H groups in total. The summed E-state index contributed by atoms with van der Waals surface area (Å²) in [6, 6.07) is 13.3. The summed E-state index contributed by atoms with van der Waals surface area (Å²) in [5, 5.41) is 13.7. The smallest absolute Gasteiger partial charge is 0.316 e. The molecule has 0 amide bonds. The number of anilines is 2. The minimum absolute atomic E-state index is 0.203. The van der Waals surface area contributed by atoms with Crippen molar-refractivity contribution in [2.45, 2.75) is 32.0 Å². The summed E-state index contributed by atoms with van der Waals surface area (Å²) in [4.78, 5) is 11.7. The number of ether oxygens (including phenoxy) is 1. The van der Waals surface area contributed by atoms with Gasteiger partial charge in [-0.2, -0.15) is 0 Å². The average molecular weight is 465 g/mol. The molecule has 0 spiro atoms. The Labute approximate surface area is 189 Å². The maximum atomic E-state index is 11.7. The monoisotopic (exact) mass is 464 g/mol. The van der Waals surface area contributed by atoms with Crippen LogP contribution >= 0.6 is 35.0 Å². The van der Waals surface area contributed by atoms with E-state index in [9.17, 15) is 4.79 Å². The van der Waals surface area contributed by atoms with Crippen molar-refractivity contribution < 1.29 is 9.53 Å². The Morgan fingerprint density at radius 1 is 1.10 bits per heavy atom. The third kappa shape index (κ3) is 5.47. The van der Waals surface area contributed by atoms with Crippen molar-refractivity contribution >= 4 is 52.3 Å². The van der Waals surface area contributed by atoms with Gasteiger partial charge in [-0.25, -0.2) is 0 Å². The molecule has 158 valence electrons. The Hall–Kier alpha value is -2.22. The van der Waals surface area contributed by atoms with E-state index in [2.05, 4.69) is 15.5 Å². The van der Waals surface area contributed by atoms with Crippen LogP contribution in [-0.2, 0) is 22.5 Å². The van der Waals surface area contributed by atoms with E-state index < -0.39 is 0 Å². The highest BCUT2D eigenvalue weighted by molar-refractivity contribution is 7.99. The molecule has 0 atom stereocenters. The number of carbonyl (C=O) groups is 1. The minimum Gasteiger partial charge on any atom is -0.465 e. The Kier molecular flexibility index (Phi) is 8.01. The lowest BCUT2D eigenvalue weighted by Gasteiger charge is -2.15. The fraction of sp³-hybridized carbons (Fsp3) is 0.286. The van der Waals surface area contributed by atoms with Gasteiger partial charge in [-0.3, -0.25) is 4.79 Å². The van der Waals surface area contributed by atoms with E-state index in [0.29, 0.717) is 40.5 Å². The fourth-order valence-electron chi connectivity index (χ4n) is 2.92. The molecule has 1 aromatic heterocycles. The topological polar surface area (TPSA) is 69.0 Å². The standard InChI is InChI=1S/C21H22Cl2N4O2S/c1-3-27-18(25-26-21(27)30-13-19(28)29-4-2)12-14-8-5-6-11-17(14)24-20-15(22)9-7-10-16(20)23/h5-11,24H,3-4,12-13H2,1-2H3. The van der Waals surface area contributed by atoms with Crippen molar-refractivity contribution in [1.29, 1.82) is 0 Å². The normalized spacial score (nSPS) is 10.8. The van der Waals surface area contributed by atoms with Crippen LogP contribution < -0.4 is 5.32 Å². The second-order valence-corrected chi connectivity index (χ2v) is 8.05. The predicted molar refractivity (Wildman–Crippen MR) is 122 cm³/mol. The largest absolute Gasteiger partial charge is 0.465 e. The van der Waals surface area contributed by atoms with Crippen molar-refractivity contribution in [3.05, 3.63) is 63.9 Å². The Balaban J connectivity index is 1.81. The first-order chi connectivity index (χ1) is 14.5. The maximum absolute atomic E-state index is 11.7. The fourth-order valence-corrected chi connectivity index (χ4v) is 4.23. The van der Waals surface area contributed by atoms with Gasteiger partial charge in [0, 0.05) is 18.7 Å². The second kappa shape index (κ2) is 10.7. The number of halogens is 2. The zero-order chi connectivity index (χ0) is 21.5. The number of esters is 1. The number of hydrogen-bond donors (Lipinski definition) is 1. The molecule has 3 rings (SSSR count). The predicted octanol–water partition coefficient (Wildman–Crippen LogP) is 5.59. The van der Waals surface area contributed by atoms with E-state index >= 15 is 0 Å². The molecule has 0 aliphatic heterocycles. The summed E-state index contributed by atoms with van der Waals surface area (Å²) in [7, 11) is 0. The number of aromatic nitrogens is 3. The molecule has 0 aliphatic rings. The Morgan fingerprint density at radius 2 is 1.83 bits per heavy atom. The highest BCUT2D eigenvalue weighted by Gasteiger charge is 2.16. The van der Waals surface area contributed by atoms with Gasteiger partial charge in [0.05, 0.1) is 28.1 Å². The first-order valence-corrected chi connectivity index (χ1v) is 11.3. The van der Waals surface area contributed by atoms with E-state index in [-0.39, 0.29) is 11.7 Å². The number of thioether (sulfide) groups is 1. The molecule has 0 saturated heterocycles. The molecule has 0 aliphatic carbocycles. The van der Waals surface area contributed by atoms with Crippen molar-refractivity contribution in [2.75, 3.05) is 17.7 Å². The first-order valence-electron chi connectivity index (χ1n) is 9.52. The first kappa shape index (κ1) is 22.5. The number of nitrogens with one attached hydrogen (secondary N) is 1. The average Bonchev–Trinajstić information content (AvgIpc) is 3.12. The van der Waals surface area contributed by atoms with Crippen molar-refractivity contribution in [2.24, 2.45) is 0 Å². The van der Waals surface area contributed by atoms with Gasteiger partial charge in [0.15, 0.2) is 5.16 Å². The number of rotatable bonds is 9. The van der Waals surface area contributed by atoms with Crippen molar-refractivity contribution in [3.63, 3.8) is 0 Å². The van der Waals surface area contributed by atoms with Gasteiger partial charge < -0.3 is 14.6 Å². The Bertz CT molecular complexity index is 1010. The van der Waals surface area contributed by atoms with Gasteiger partial charge in [0.1, 0.15) is 5.82 Å². The van der Waals surface area contributed by atoms with Crippen LogP contribution in [-0.4, -0.2) is 33.1 Å². The zero-order valence-electron chi connectivity index (χ0n) is 16.7. The van der Waals surface area contributed by atoms with Crippen molar-refractivity contribution in [1.82, 2.24) is 14.8 Å². The number of hydrogen-bond acceptors (Lipinski definition) is 6. The van der Waals surface area contributed by atoms with Crippen LogP contribution in [0, 0.1) is 0 Å². The van der Waals surface area contributed by atoms with Gasteiger partial charge >= 0.3 is 5.97 Å². The molecule has 0 unspecified atom stereocenters. The van der Waals surface area contributed by atoms with E-state index in [1.54, 1.807) is 25.1 Å². The third-order valence-electron chi connectivity index (χ3n) is 4.32. The molecule has 9 heteroatoms. The molecule has 6 nitrogen and oxygen atoms in total. The lowest BCUT2D eigenvalue weighted by atomic mass is 10.1. The van der Waals surface area contributed by atoms with Gasteiger partial charge in [-0.15, -0.1) is 10.2 Å². The molecule has 0 saturated carbocycles. The molecule has 0 bridgehead atoms. The molecular formula is C21H22Cl2N4O2S. The molecule has 30 heavy (non-hydrogen) atoms. The highest BCUT2D eigenvalue weighted by Crippen LogP contribution is 2.34. The van der Waals surface area contributed by atoms with Crippen LogP contribution in [0.4, 0.5) is 11.4 Å². The van der Waals surface area contributed by atoms with E-state index in [1.807, 2.05) is 35.8 Å². The number of carbonyl (C=O) groups excluding carboxylic acids is 1.